The predicted molar refractivity (Wildman–Crippen MR) is 54.8 cm³/mol. The van der Waals surface area contributed by atoms with E-state index in [-0.39, 0.29) is 5.41 Å². The van der Waals surface area contributed by atoms with E-state index in [2.05, 4.69) is 15.9 Å². The first kappa shape index (κ1) is 8.26. The summed E-state index contributed by atoms with van der Waals surface area (Å²) in [5.41, 5.74) is 5.46. The first-order valence-corrected chi connectivity index (χ1v) is 5.42. The van der Waals surface area contributed by atoms with Crippen LogP contribution in [0.2, 0.25) is 0 Å². The van der Waals surface area contributed by atoms with Crippen LogP contribution in [-0.2, 0) is 5.41 Å². The van der Waals surface area contributed by atoms with E-state index in [9.17, 15) is 0 Å². The van der Waals surface area contributed by atoms with Gasteiger partial charge in [-0.25, -0.2) is 0 Å². The van der Waals surface area contributed by atoms with Crippen molar-refractivity contribution in [3.05, 3.63) is 20.8 Å². The zero-order valence-electron chi connectivity index (χ0n) is 6.43. The third kappa shape index (κ3) is 1.02. The Balaban J connectivity index is 2.43. The number of thiophene rings is 1. The van der Waals surface area contributed by atoms with Gasteiger partial charge in [-0.15, -0.1) is 11.3 Å². The van der Waals surface area contributed by atoms with Crippen molar-refractivity contribution in [2.24, 2.45) is 5.73 Å². The Hall–Kier alpha value is -0.350. The summed E-state index contributed by atoms with van der Waals surface area (Å²) in [5, 5.41) is 9.53. The Kier molecular flexibility index (Phi) is 1.77. The quantitative estimate of drug-likeness (QED) is 0.610. The monoisotopic (exact) mass is 244 g/mol. The highest BCUT2D eigenvalue weighted by atomic mass is 79.9. The molecular weight excluding hydrogens is 236 g/mol. The van der Waals surface area contributed by atoms with Gasteiger partial charge in [-0.05, 0) is 40.2 Å². The van der Waals surface area contributed by atoms with Crippen molar-refractivity contribution in [3.63, 3.8) is 0 Å². The molecular formula is C8H9BrN2S. The molecule has 0 aliphatic heterocycles. The lowest BCUT2D eigenvalue weighted by Gasteiger charge is -2.11. The summed E-state index contributed by atoms with van der Waals surface area (Å²) in [6.07, 6.45) is 2.06. The van der Waals surface area contributed by atoms with Crippen molar-refractivity contribution in [3.8, 4) is 0 Å². The van der Waals surface area contributed by atoms with Crippen molar-refractivity contribution >= 4 is 33.1 Å². The first-order valence-electron chi connectivity index (χ1n) is 3.75. The summed E-state index contributed by atoms with van der Waals surface area (Å²) in [6, 6.07) is 2.02. The second-order valence-electron chi connectivity index (χ2n) is 3.09. The molecule has 1 fully saturated rings. The molecule has 0 saturated heterocycles. The number of halogens is 1. The molecule has 2 nitrogen and oxygen atoms in total. The molecule has 4 heteroatoms. The topological polar surface area (TPSA) is 49.9 Å². The van der Waals surface area contributed by atoms with Gasteiger partial charge in [0.15, 0.2) is 0 Å². The molecule has 0 unspecified atom stereocenters. The van der Waals surface area contributed by atoms with Crippen LogP contribution in [0.15, 0.2) is 15.9 Å². The van der Waals surface area contributed by atoms with Gasteiger partial charge in [0.05, 0.1) is 5.41 Å². The van der Waals surface area contributed by atoms with Gasteiger partial charge in [0.25, 0.3) is 0 Å². The third-order valence-corrected chi connectivity index (χ3v) is 4.36. The lowest BCUT2D eigenvalue weighted by Crippen LogP contribution is -2.26. The molecule has 1 aromatic rings. The van der Waals surface area contributed by atoms with Gasteiger partial charge in [0.1, 0.15) is 5.84 Å². The van der Waals surface area contributed by atoms with Gasteiger partial charge in [0, 0.05) is 9.35 Å². The molecule has 1 aliphatic rings. The van der Waals surface area contributed by atoms with Gasteiger partial charge >= 0.3 is 0 Å². The van der Waals surface area contributed by atoms with Crippen LogP contribution in [0.3, 0.4) is 0 Å². The second kappa shape index (κ2) is 2.57. The van der Waals surface area contributed by atoms with E-state index in [1.54, 1.807) is 11.3 Å². The summed E-state index contributed by atoms with van der Waals surface area (Å²) in [5.74, 6) is 0.311. The Morgan fingerprint density at radius 2 is 2.33 bits per heavy atom. The largest absolute Gasteiger partial charge is 0.387 e. The molecule has 3 N–H and O–H groups in total. The summed E-state index contributed by atoms with van der Waals surface area (Å²) in [6.45, 7) is 0. The number of amidine groups is 1. The molecule has 12 heavy (non-hydrogen) atoms. The number of nitrogens with two attached hydrogens (primary N) is 1. The fourth-order valence-electron chi connectivity index (χ4n) is 1.38. The highest BCUT2D eigenvalue weighted by Gasteiger charge is 2.49. The lowest BCUT2D eigenvalue weighted by atomic mass is 10.0. The van der Waals surface area contributed by atoms with E-state index in [1.165, 1.54) is 4.88 Å². The summed E-state index contributed by atoms with van der Waals surface area (Å²) in [7, 11) is 0. The maximum atomic E-state index is 7.50. The van der Waals surface area contributed by atoms with Crippen molar-refractivity contribution in [1.29, 1.82) is 5.41 Å². The number of rotatable bonds is 2. The molecule has 1 saturated carbocycles. The van der Waals surface area contributed by atoms with E-state index in [0.717, 1.165) is 17.3 Å². The van der Waals surface area contributed by atoms with Crippen molar-refractivity contribution in [2.75, 3.05) is 0 Å². The maximum absolute atomic E-state index is 7.50. The zero-order valence-corrected chi connectivity index (χ0v) is 8.83. The van der Waals surface area contributed by atoms with Crippen LogP contribution in [-0.4, -0.2) is 5.84 Å². The van der Waals surface area contributed by atoms with Crippen LogP contribution >= 0.6 is 27.3 Å². The minimum Gasteiger partial charge on any atom is -0.387 e. The molecule has 0 radical (unpaired) electrons. The number of nitrogens with one attached hydrogen (secondary N) is 1. The van der Waals surface area contributed by atoms with Gasteiger partial charge in [-0.2, -0.15) is 0 Å². The average Bonchev–Trinajstić information content (AvgIpc) is 2.71. The van der Waals surface area contributed by atoms with Gasteiger partial charge in [-0.3, -0.25) is 5.41 Å². The summed E-state index contributed by atoms with van der Waals surface area (Å²) in [4.78, 5) is 1.22. The average molecular weight is 245 g/mol. The maximum Gasteiger partial charge on any atom is 0.102 e. The number of hydrogen-bond acceptors (Lipinski definition) is 2. The van der Waals surface area contributed by atoms with Gasteiger partial charge in [-0.1, -0.05) is 0 Å². The minimum absolute atomic E-state index is 0.104. The Bertz CT molecular complexity index is 328. The lowest BCUT2D eigenvalue weighted by molar-refractivity contribution is 0.944. The summed E-state index contributed by atoms with van der Waals surface area (Å²) < 4.78 is 1.10. The smallest absolute Gasteiger partial charge is 0.102 e. The van der Waals surface area contributed by atoms with Gasteiger partial charge < -0.3 is 5.73 Å². The minimum atomic E-state index is -0.104. The second-order valence-corrected chi connectivity index (χ2v) is 4.86. The van der Waals surface area contributed by atoms with Crippen molar-refractivity contribution in [1.82, 2.24) is 0 Å². The Morgan fingerprint density at radius 1 is 1.67 bits per heavy atom. The van der Waals surface area contributed by atoms with E-state index in [1.807, 2.05) is 11.4 Å². The molecule has 0 atom stereocenters. The van der Waals surface area contributed by atoms with Crippen LogP contribution in [0.1, 0.15) is 17.7 Å². The van der Waals surface area contributed by atoms with Crippen LogP contribution < -0.4 is 5.73 Å². The zero-order chi connectivity index (χ0) is 8.77. The molecule has 1 aromatic heterocycles. The molecule has 0 bridgehead atoms. The van der Waals surface area contributed by atoms with E-state index >= 15 is 0 Å². The SMILES string of the molecule is N=C(N)C1(c2sccc2Br)CC1. The van der Waals surface area contributed by atoms with Crippen molar-refractivity contribution in [2.45, 2.75) is 18.3 Å². The fourth-order valence-corrected chi connectivity index (χ4v) is 3.41. The Labute approximate surface area is 83.4 Å². The molecule has 0 amide bonds. The summed E-state index contributed by atoms with van der Waals surface area (Å²) >= 11 is 5.15. The molecule has 0 aromatic carbocycles. The molecule has 1 aliphatic carbocycles. The van der Waals surface area contributed by atoms with Crippen molar-refractivity contribution < 1.29 is 0 Å². The third-order valence-electron chi connectivity index (χ3n) is 2.32. The standard InChI is InChI=1S/C8H9BrN2S/c9-5-1-4-12-6(5)8(2-3-8)7(10)11/h1,4H,2-3H2,(H3,10,11). The van der Waals surface area contributed by atoms with E-state index in [0.29, 0.717) is 5.84 Å². The highest BCUT2D eigenvalue weighted by molar-refractivity contribution is 9.10. The fraction of sp³-hybridized carbons (Fsp3) is 0.375. The Morgan fingerprint density at radius 3 is 2.67 bits per heavy atom. The van der Waals surface area contributed by atoms with Crippen LogP contribution in [0.4, 0.5) is 0 Å². The normalized spacial score (nSPS) is 19.1. The van der Waals surface area contributed by atoms with E-state index in [4.69, 9.17) is 11.1 Å². The molecule has 0 spiro atoms. The van der Waals surface area contributed by atoms with Crippen LogP contribution in [0.5, 0.6) is 0 Å². The number of hydrogen-bond donors (Lipinski definition) is 2. The molecule has 64 valence electrons. The van der Waals surface area contributed by atoms with E-state index < -0.39 is 0 Å². The van der Waals surface area contributed by atoms with Crippen LogP contribution in [0, 0.1) is 5.41 Å². The highest BCUT2D eigenvalue weighted by Crippen LogP contribution is 2.52. The first-order chi connectivity index (χ1) is 5.67. The van der Waals surface area contributed by atoms with Gasteiger partial charge in [0.2, 0.25) is 0 Å². The van der Waals surface area contributed by atoms with Crippen LogP contribution in [0.25, 0.3) is 0 Å². The predicted octanol–water partition coefficient (Wildman–Crippen LogP) is 2.48. The molecule has 1 heterocycles. The molecule has 2 rings (SSSR count).